The molecule has 0 atom stereocenters. The van der Waals surface area contributed by atoms with Gasteiger partial charge in [0.2, 0.25) is 5.91 Å². The Morgan fingerprint density at radius 3 is 2.63 bits per heavy atom. The average Bonchev–Trinajstić information content (AvgIpc) is 2.75. The predicted octanol–water partition coefficient (Wildman–Crippen LogP) is 4.16. The number of benzene rings is 1. The number of hydrogen-bond acceptors (Lipinski definition) is 3. The van der Waals surface area contributed by atoms with Gasteiger partial charge >= 0.3 is 0 Å². The second kappa shape index (κ2) is 5.99. The van der Waals surface area contributed by atoms with Gasteiger partial charge in [0.15, 0.2) is 5.22 Å². The van der Waals surface area contributed by atoms with E-state index in [1.807, 2.05) is 6.07 Å². The van der Waals surface area contributed by atoms with Crippen molar-refractivity contribution in [3.8, 4) is 0 Å². The van der Waals surface area contributed by atoms with Crippen LogP contribution in [0, 0.1) is 0 Å². The number of nitrogens with one attached hydrogen (secondary N) is 2. The molecule has 0 spiro atoms. The Morgan fingerprint density at radius 1 is 1.26 bits per heavy atom. The van der Waals surface area contributed by atoms with Crippen molar-refractivity contribution in [2.45, 2.75) is 13.5 Å². The average molecular weight is 299 g/mol. The van der Waals surface area contributed by atoms with Crippen LogP contribution in [-0.2, 0) is 11.3 Å². The summed E-state index contributed by atoms with van der Waals surface area (Å²) in [4.78, 5) is 11.0. The van der Waals surface area contributed by atoms with Crippen molar-refractivity contribution in [1.82, 2.24) is 0 Å². The summed E-state index contributed by atoms with van der Waals surface area (Å²) >= 11 is 11.7. The van der Waals surface area contributed by atoms with Crippen molar-refractivity contribution in [1.29, 1.82) is 0 Å². The van der Waals surface area contributed by atoms with Crippen LogP contribution in [0.25, 0.3) is 0 Å². The summed E-state index contributed by atoms with van der Waals surface area (Å²) in [7, 11) is 0. The number of carbonyl (C=O) groups is 1. The first-order valence-electron chi connectivity index (χ1n) is 5.60. The Hall–Kier alpha value is -1.65. The van der Waals surface area contributed by atoms with E-state index in [2.05, 4.69) is 10.6 Å². The maximum absolute atomic E-state index is 11.0. The Balaban J connectivity index is 2.01. The first-order chi connectivity index (χ1) is 9.04. The van der Waals surface area contributed by atoms with Crippen molar-refractivity contribution in [3.63, 3.8) is 0 Å². The number of amides is 1. The lowest BCUT2D eigenvalue weighted by Crippen LogP contribution is -2.06. The largest absolute Gasteiger partial charge is 0.448 e. The maximum Gasteiger partial charge on any atom is 0.221 e. The fourth-order valence-corrected chi connectivity index (χ4v) is 1.94. The van der Waals surface area contributed by atoms with Crippen LogP contribution in [0.3, 0.4) is 0 Å². The summed E-state index contributed by atoms with van der Waals surface area (Å²) in [5, 5.41) is 6.62. The molecule has 1 heterocycles. The molecule has 4 nitrogen and oxygen atoms in total. The van der Waals surface area contributed by atoms with E-state index in [1.165, 1.54) is 6.92 Å². The van der Waals surface area contributed by atoms with E-state index >= 15 is 0 Å². The van der Waals surface area contributed by atoms with Gasteiger partial charge in [0.25, 0.3) is 0 Å². The molecule has 0 saturated carbocycles. The Labute approximate surface area is 120 Å². The van der Waals surface area contributed by atoms with Crippen LogP contribution < -0.4 is 10.6 Å². The highest BCUT2D eigenvalue weighted by molar-refractivity contribution is 6.34. The molecule has 2 N–H and O–H groups in total. The van der Waals surface area contributed by atoms with Crippen LogP contribution in [0.15, 0.2) is 34.7 Å². The monoisotopic (exact) mass is 298 g/mol. The van der Waals surface area contributed by atoms with Crippen LogP contribution >= 0.6 is 23.2 Å². The normalized spacial score (nSPS) is 10.3. The number of furan rings is 1. The summed E-state index contributed by atoms with van der Waals surface area (Å²) in [6, 6.07) is 8.77. The van der Waals surface area contributed by atoms with Gasteiger partial charge in [0.05, 0.1) is 17.3 Å². The van der Waals surface area contributed by atoms with Gasteiger partial charge in [-0.2, -0.15) is 0 Å². The molecule has 2 rings (SSSR count). The quantitative estimate of drug-likeness (QED) is 0.891. The van der Waals surface area contributed by atoms with Crippen molar-refractivity contribution in [2.24, 2.45) is 0 Å². The third kappa shape index (κ3) is 3.91. The van der Waals surface area contributed by atoms with Gasteiger partial charge in [-0.15, -0.1) is 0 Å². The summed E-state index contributed by atoms with van der Waals surface area (Å²) in [5.74, 6) is 0.569. The lowest BCUT2D eigenvalue weighted by atomic mass is 10.2. The highest BCUT2D eigenvalue weighted by Crippen LogP contribution is 2.26. The minimum atomic E-state index is -0.159. The minimum absolute atomic E-state index is 0.159. The molecule has 100 valence electrons. The summed E-state index contributed by atoms with van der Waals surface area (Å²) in [6.45, 7) is 1.94. The van der Waals surface area contributed by atoms with E-state index in [0.717, 1.165) is 11.4 Å². The number of halogens is 2. The second-order valence-corrected chi connectivity index (χ2v) is 4.71. The number of anilines is 2. The van der Waals surface area contributed by atoms with Gasteiger partial charge in [0.1, 0.15) is 5.76 Å². The van der Waals surface area contributed by atoms with Gasteiger partial charge in [-0.3, -0.25) is 4.79 Å². The zero-order valence-electron chi connectivity index (χ0n) is 10.2. The predicted molar refractivity (Wildman–Crippen MR) is 76.8 cm³/mol. The third-order valence-corrected chi connectivity index (χ3v) is 2.89. The molecular weight excluding hydrogens is 287 g/mol. The molecular formula is C13H12Cl2N2O2. The molecule has 0 bridgehead atoms. The molecule has 0 unspecified atom stereocenters. The van der Waals surface area contributed by atoms with Gasteiger partial charge in [-0.05, 0) is 41.9 Å². The van der Waals surface area contributed by atoms with E-state index in [1.54, 1.807) is 24.3 Å². The molecule has 1 aromatic carbocycles. The molecule has 2 aromatic rings. The smallest absolute Gasteiger partial charge is 0.221 e. The Bertz CT molecular complexity index is 596. The number of rotatable bonds is 4. The summed E-state index contributed by atoms with van der Waals surface area (Å²) in [6.07, 6.45) is 0. The van der Waals surface area contributed by atoms with Gasteiger partial charge < -0.3 is 15.1 Å². The zero-order chi connectivity index (χ0) is 13.8. The molecule has 1 aromatic heterocycles. The van der Waals surface area contributed by atoms with Gasteiger partial charge in [0, 0.05) is 12.6 Å². The molecule has 0 fully saturated rings. The highest BCUT2D eigenvalue weighted by atomic mass is 35.5. The van der Waals surface area contributed by atoms with Crippen LogP contribution in [0.5, 0.6) is 0 Å². The van der Waals surface area contributed by atoms with Gasteiger partial charge in [-0.25, -0.2) is 0 Å². The minimum Gasteiger partial charge on any atom is -0.448 e. The van der Waals surface area contributed by atoms with Crippen molar-refractivity contribution in [3.05, 3.63) is 46.3 Å². The molecule has 0 aliphatic carbocycles. The standard InChI is InChI=1S/C13H12Cl2N2O2/c1-8(18)17-12-4-2-9(6-11(12)14)16-7-10-3-5-13(15)19-10/h2-6,16H,7H2,1H3,(H,17,18). The summed E-state index contributed by atoms with van der Waals surface area (Å²) in [5.41, 5.74) is 1.41. The van der Waals surface area contributed by atoms with Crippen LogP contribution in [0.4, 0.5) is 11.4 Å². The lowest BCUT2D eigenvalue weighted by Gasteiger charge is -2.08. The second-order valence-electron chi connectivity index (χ2n) is 3.94. The van der Waals surface area contributed by atoms with E-state index in [0.29, 0.717) is 22.5 Å². The fourth-order valence-electron chi connectivity index (χ4n) is 1.55. The fraction of sp³-hybridized carbons (Fsp3) is 0.154. The van der Waals surface area contributed by atoms with Crippen LogP contribution in [-0.4, -0.2) is 5.91 Å². The van der Waals surface area contributed by atoms with Crippen molar-refractivity contribution >= 4 is 40.5 Å². The molecule has 0 saturated heterocycles. The SMILES string of the molecule is CC(=O)Nc1ccc(NCc2ccc(Cl)o2)cc1Cl. The number of hydrogen-bond donors (Lipinski definition) is 2. The summed E-state index contributed by atoms with van der Waals surface area (Å²) < 4.78 is 5.22. The van der Waals surface area contributed by atoms with Gasteiger partial charge in [-0.1, -0.05) is 11.6 Å². The van der Waals surface area contributed by atoms with Crippen molar-refractivity contribution in [2.75, 3.05) is 10.6 Å². The zero-order valence-corrected chi connectivity index (χ0v) is 11.7. The van der Waals surface area contributed by atoms with E-state index < -0.39 is 0 Å². The highest BCUT2D eigenvalue weighted by Gasteiger charge is 2.04. The van der Waals surface area contributed by atoms with Crippen LogP contribution in [0.2, 0.25) is 10.2 Å². The molecule has 0 radical (unpaired) electrons. The lowest BCUT2D eigenvalue weighted by molar-refractivity contribution is -0.114. The van der Waals surface area contributed by atoms with E-state index in [-0.39, 0.29) is 5.91 Å². The maximum atomic E-state index is 11.0. The van der Waals surface area contributed by atoms with Crippen LogP contribution in [0.1, 0.15) is 12.7 Å². The first-order valence-corrected chi connectivity index (χ1v) is 6.35. The van der Waals surface area contributed by atoms with E-state index in [9.17, 15) is 4.79 Å². The molecule has 0 aliphatic rings. The molecule has 1 amide bonds. The van der Waals surface area contributed by atoms with E-state index in [4.69, 9.17) is 27.6 Å². The topological polar surface area (TPSA) is 54.3 Å². The molecule has 19 heavy (non-hydrogen) atoms. The number of carbonyl (C=O) groups excluding carboxylic acids is 1. The molecule has 0 aliphatic heterocycles. The van der Waals surface area contributed by atoms with Crippen molar-refractivity contribution < 1.29 is 9.21 Å². The molecule has 6 heteroatoms. The first kappa shape index (κ1) is 13.8. The Morgan fingerprint density at radius 2 is 2.05 bits per heavy atom. The Kier molecular flexibility index (Phi) is 4.35. The third-order valence-electron chi connectivity index (χ3n) is 2.38.